The van der Waals surface area contributed by atoms with Gasteiger partial charge >= 0.3 is 5.97 Å². The summed E-state index contributed by atoms with van der Waals surface area (Å²) >= 11 is 0. The third kappa shape index (κ3) is 3.87. The minimum Gasteiger partial charge on any atom is -0.469 e. The van der Waals surface area contributed by atoms with Crippen LogP contribution in [0.1, 0.15) is 34.8 Å². The molecule has 0 saturated carbocycles. The molecule has 0 N–H and O–H groups in total. The lowest BCUT2D eigenvalue weighted by Crippen LogP contribution is -1.97. The number of rotatable bonds is 4. The molecule has 1 aromatic rings. The third-order valence-electron chi connectivity index (χ3n) is 2.49. The molecule has 0 atom stereocenters. The lowest BCUT2D eigenvalue weighted by atomic mass is 10.0. The van der Waals surface area contributed by atoms with Crippen molar-refractivity contribution in [3.63, 3.8) is 0 Å². The van der Waals surface area contributed by atoms with Gasteiger partial charge in [-0.15, -0.1) is 0 Å². The van der Waals surface area contributed by atoms with Crippen molar-refractivity contribution in [2.24, 2.45) is 0 Å². The molecule has 0 bridgehead atoms. The van der Waals surface area contributed by atoms with Crippen molar-refractivity contribution in [3.8, 4) is 0 Å². The monoisotopic (exact) mass is 232 g/mol. The fourth-order valence-electron chi connectivity index (χ4n) is 1.45. The molecule has 0 radical (unpaired) electrons. The van der Waals surface area contributed by atoms with Gasteiger partial charge in [0, 0.05) is 5.56 Å². The van der Waals surface area contributed by atoms with Gasteiger partial charge in [0.1, 0.15) is 0 Å². The topological polar surface area (TPSA) is 43.4 Å². The van der Waals surface area contributed by atoms with Crippen LogP contribution in [0.3, 0.4) is 0 Å². The largest absolute Gasteiger partial charge is 0.469 e. The van der Waals surface area contributed by atoms with Crippen LogP contribution >= 0.6 is 0 Å². The van der Waals surface area contributed by atoms with Crippen molar-refractivity contribution in [2.45, 2.75) is 20.3 Å². The molecule has 3 heteroatoms. The van der Waals surface area contributed by atoms with E-state index in [1.807, 2.05) is 25.1 Å². The zero-order valence-electron chi connectivity index (χ0n) is 10.3. The molecule has 0 unspecified atom stereocenters. The first-order valence-electron chi connectivity index (χ1n) is 5.39. The third-order valence-corrected chi connectivity index (χ3v) is 2.49. The first kappa shape index (κ1) is 13.2. The standard InChI is InChI=1S/C14H16O3/c1-10-9-13(11(2)15)8-7-12(10)5-4-6-14(16)17-3/h4-5,7-9H,6H2,1-3H3. The molecule has 0 fully saturated rings. The fourth-order valence-corrected chi connectivity index (χ4v) is 1.45. The van der Waals surface area contributed by atoms with Gasteiger partial charge in [-0.1, -0.05) is 24.3 Å². The van der Waals surface area contributed by atoms with Crippen LogP contribution in [-0.2, 0) is 9.53 Å². The van der Waals surface area contributed by atoms with E-state index in [2.05, 4.69) is 4.74 Å². The number of carbonyl (C=O) groups excluding carboxylic acids is 2. The summed E-state index contributed by atoms with van der Waals surface area (Å²) in [6, 6.07) is 5.51. The molecule has 0 aliphatic carbocycles. The van der Waals surface area contributed by atoms with Gasteiger partial charge in [-0.2, -0.15) is 0 Å². The van der Waals surface area contributed by atoms with Gasteiger partial charge in [-0.3, -0.25) is 9.59 Å². The number of Topliss-reactive ketones (excluding diaryl/α,β-unsaturated/α-hetero) is 1. The second-order valence-corrected chi connectivity index (χ2v) is 3.81. The second-order valence-electron chi connectivity index (χ2n) is 3.81. The number of methoxy groups -OCH3 is 1. The highest BCUT2D eigenvalue weighted by atomic mass is 16.5. The number of benzene rings is 1. The van der Waals surface area contributed by atoms with Gasteiger partial charge in [0.25, 0.3) is 0 Å². The maximum atomic E-state index is 11.2. The van der Waals surface area contributed by atoms with E-state index < -0.39 is 0 Å². The Morgan fingerprint density at radius 2 is 2.06 bits per heavy atom. The number of hydrogen-bond donors (Lipinski definition) is 0. The average Bonchev–Trinajstić information content (AvgIpc) is 2.30. The Kier molecular flexibility index (Phi) is 4.64. The smallest absolute Gasteiger partial charge is 0.309 e. The number of ketones is 1. The minimum atomic E-state index is -0.265. The number of carbonyl (C=O) groups is 2. The van der Waals surface area contributed by atoms with Crippen LogP contribution in [0, 0.1) is 6.92 Å². The first-order chi connectivity index (χ1) is 8.04. The summed E-state index contributed by atoms with van der Waals surface area (Å²) in [5.74, 6) is -0.211. The zero-order valence-corrected chi connectivity index (χ0v) is 10.3. The molecule has 90 valence electrons. The van der Waals surface area contributed by atoms with Gasteiger partial charge in [-0.25, -0.2) is 0 Å². The van der Waals surface area contributed by atoms with E-state index in [1.54, 1.807) is 19.1 Å². The van der Waals surface area contributed by atoms with Crippen molar-refractivity contribution in [1.82, 2.24) is 0 Å². The summed E-state index contributed by atoms with van der Waals surface area (Å²) in [6.45, 7) is 3.48. The molecular formula is C14H16O3. The predicted molar refractivity (Wildman–Crippen MR) is 66.9 cm³/mol. The maximum absolute atomic E-state index is 11.2. The van der Waals surface area contributed by atoms with Crippen molar-refractivity contribution in [1.29, 1.82) is 0 Å². The Bertz CT molecular complexity index is 459. The number of hydrogen-bond acceptors (Lipinski definition) is 3. The summed E-state index contributed by atoms with van der Waals surface area (Å²) in [5, 5.41) is 0. The number of esters is 1. The van der Waals surface area contributed by atoms with Crippen LogP contribution in [-0.4, -0.2) is 18.9 Å². The lowest BCUT2D eigenvalue weighted by molar-refractivity contribution is -0.139. The Hall–Kier alpha value is -1.90. The molecule has 0 saturated heterocycles. The SMILES string of the molecule is COC(=O)CC=Cc1ccc(C(C)=O)cc1C. The van der Waals surface area contributed by atoms with Crippen molar-refractivity contribution in [3.05, 3.63) is 41.0 Å². The van der Waals surface area contributed by atoms with Gasteiger partial charge in [0.15, 0.2) is 5.78 Å². The van der Waals surface area contributed by atoms with Gasteiger partial charge in [-0.05, 0) is 31.0 Å². The molecule has 0 spiro atoms. The molecule has 0 amide bonds. The van der Waals surface area contributed by atoms with Gasteiger partial charge in [0.05, 0.1) is 13.5 Å². The summed E-state index contributed by atoms with van der Waals surface area (Å²) in [6.07, 6.45) is 3.86. The number of ether oxygens (including phenoxy) is 1. The molecule has 3 nitrogen and oxygen atoms in total. The molecule has 0 heterocycles. The Morgan fingerprint density at radius 1 is 1.35 bits per heavy atom. The molecule has 1 rings (SSSR count). The lowest BCUT2D eigenvalue weighted by Gasteiger charge is -2.02. The van der Waals surface area contributed by atoms with E-state index in [9.17, 15) is 9.59 Å². The minimum absolute atomic E-state index is 0.0539. The molecular weight excluding hydrogens is 216 g/mol. The first-order valence-corrected chi connectivity index (χ1v) is 5.39. The van der Waals surface area contributed by atoms with Crippen LogP contribution in [0.4, 0.5) is 0 Å². The molecule has 0 aliphatic rings. The second kappa shape index (κ2) is 5.99. The van der Waals surface area contributed by atoms with Crippen LogP contribution in [0.25, 0.3) is 6.08 Å². The van der Waals surface area contributed by atoms with Crippen molar-refractivity contribution < 1.29 is 14.3 Å². The van der Waals surface area contributed by atoms with Gasteiger partial charge < -0.3 is 4.74 Å². The van der Waals surface area contributed by atoms with E-state index in [0.29, 0.717) is 5.56 Å². The van der Waals surface area contributed by atoms with E-state index >= 15 is 0 Å². The Labute approximate surface area is 101 Å². The maximum Gasteiger partial charge on any atom is 0.309 e. The molecule has 1 aromatic carbocycles. The highest BCUT2D eigenvalue weighted by Gasteiger charge is 2.01. The van der Waals surface area contributed by atoms with Crippen LogP contribution in [0.15, 0.2) is 24.3 Å². The Balaban J connectivity index is 2.79. The summed E-state index contributed by atoms with van der Waals surface area (Å²) < 4.78 is 4.53. The fraction of sp³-hybridized carbons (Fsp3) is 0.286. The van der Waals surface area contributed by atoms with Crippen molar-refractivity contribution >= 4 is 17.8 Å². The molecule has 17 heavy (non-hydrogen) atoms. The van der Waals surface area contributed by atoms with Crippen LogP contribution in [0.5, 0.6) is 0 Å². The highest BCUT2D eigenvalue weighted by Crippen LogP contribution is 2.13. The summed E-state index contributed by atoms with van der Waals surface area (Å²) in [7, 11) is 1.36. The highest BCUT2D eigenvalue weighted by molar-refractivity contribution is 5.94. The van der Waals surface area contributed by atoms with Crippen LogP contribution < -0.4 is 0 Å². The van der Waals surface area contributed by atoms with E-state index in [0.717, 1.165) is 11.1 Å². The van der Waals surface area contributed by atoms with Crippen LogP contribution in [0.2, 0.25) is 0 Å². The summed E-state index contributed by atoms with van der Waals surface area (Å²) in [5.41, 5.74) is 2.71. The number of aryl methyl sites for hydroxylation is 1. The molecule has 0 aliphatic heterocycles. The van der Waals surface area contributed by atoms with E-state index in [1.165, 1.54) is 7.11 Å². The normalized spacial score (nSPS) is 10.5. The van der Waals surface area contributed by atoms with E-state index in [-0.39, 0.29) is 18.2 Å². The average molecular weight is 232 g/mol. The zero-order chi connectivity index (χ0) is 12.8. The van der Waals surface area contributed by atoms with Crippen molar-refractivity contribution in [2.75, 3.05) is 7.11 Å². The predicted octanol–water partition coefficient (Wildman–Crippen LogP) is 2.77. The van der Waals surface area contributed by atoms with Gasteiger partial charge in [0.2, 0.25) is 0 Å². The Morgan fingerprint density at radius 3 is 2.59 bits per heavy atom. The summed E-state index contributed by atoms with van der Waals surface area (Å²) in [4.78, 5) is 22.1. The quantitative estimate of drug-likeness (QED) is 0.592. The molecule has 0 aromatic heterocycles. The van der Waals surface area contributed by atoms with E-state index in [4.69, 9.17) is 0 Å².